The lowest BCUT2D eigenvalue weighted by Crippen LogP contribution is -2.14. The molecule has 0 radical (unpaired) electrons. The van der Waals surface area contributed by atoms with Gasteiger partial charge in [-0.2, -0.15) is 0 Å². The highest BCUT2D eigenvalue weighted by atomic mass is 32.1. The molecule has 0 fully saturated rings. The summed E-state index contributed by atoms with van der Waals surface area (Å²) in [6.45, 7) is 8.00. The van der Waals surface area contributed by atoms with Crippen molar-refractivity contribution in [1.82, 2.24) is 0 Å². The van der Waals surface area contributed by atoms with E-state index < -0.39 is 11.9 Å². The molecule has 35 heavy (non-hydrogen) atoms. The van der Waals surface area contributed by atoms with Gasteiger partial charge < -0.3 is 14.2 Å². The SMILES string of the molecule is C=C(C)COc1ccc(OC(=O)CCC(=O)Oc2ccc3c(=O)c4cc(C)ccc4sc3c2)cc1. The standard InChI is InChI=1S/C28H24O6S/c1-17(2)16-32-19-5-7-20(8-6-19)33-26(29)12-13-27(30)34-21-9-10-22-25(15-21)35-24-11-4-18(3)14-23(24)28(22)31/h4-11,14-15H,1,12-13,16H2,2-3H3. The van der Waals surface area contributed by atoms with Crippen molar-refractivity contribution in [2.75, 3.05) is 6.61 Å². The molecule has 0 atom stereocenters. The molecule has 4 aromatic rings. The van der Waals surface area contributed by atoms with Gasteiger partial charge in [0, 0.05) is 20.2 Å². The second kappa shape index (κ2) is 10.5. The van der Waals surface area contributed by atoms with Crippen LogP contribution in [0.4, 0.5) is 0 Å². The number of esters is 2. The topological polar surface area (TPSA) is 78.9 Å². The minimum atomic E-state index is -0.561. The molecule has 7 heteroatoms. The molecule has 178 valence electrons. The molecule has 0 spiro atoms. The van der Waals surface area contributed by atoms with Crippen molar-refractivity contribution >= 4 is 43.4 Å². The van der Waals surface area contributed by atoms with Gasteiger partial charge in [0.1, 0.15) is 23.9 Å². The first-order valence-corrected chi connectivity index (χ1v) is 11.9. The summed E-state index contributed by atoms with van der Waals surface area (Å²) >= 11 is 1.46. The summed E-state index contributed by atoms with van der Waals surface area (Å²) in [6.07, 6.45) is -0.262. The Morgan fingerprint density at radius 1 is 0.800 bits per heavy atom. The van der Waals surface area contributed by atoms with Gasteiger partial charge in [-0.15, -0.1) is 11.3 Å². The molecule has 6 nitrogen and oxygen atoms in total. The molecule has 4 rings (SSSR count). The van der Waals surface area contributed by atoms with E-state index in [2.05, 4.69) is 6.58 Å². The Labute approximate surface area is 206 Å². The number of aryl methyl sites for hydroxylation is 1. The predicted octanol–water partition coefficient (Wildman–Crippen LogP) is 5.97. The summed E-state index contributed by atoms with van der Waals surface area (Å²) in [7, 11) is 0. The molecule has 3 aromatic carbocycles. The van der Waals surface area contributed by atoms with Crippen molar-refractivity contribution in [3.63, 3.8) is 0 Å². The average Bonchev–Trinajstić information content (AvgIpc) is 2.83. The highest BCUT2D eigenvalue weighted by molar-refractivity contribution is 7.24. The first-order chi connectivity index (χ1) is 16.8. The fourth-order valence-corrected chi connectivity index (χ4v) is 4.47. The molecule has 0 unspecified atom stereocenters. The molecule has 0 N–H and O–H groups in total. The van der Waals surface area contributed by atoms with Crippen LogP contribution in [0.1, 0.15) is 25.3 Å². The zero-order valence-electron chi connectivity index (χ0n) is 19.5. The van der Waals surface area contributed by atoms with E-state index >= 15 is 0 Å². The Kier molecular flexibility index (Phi) is 7.27. The Bertz CT molecular complexity index is 1480. The molecule has 0 aliphatic rings. The van der Waals surface area contributed by atoms with E-state index in [1.165, 1.54) is 11.3 Å². The second-order valence-corrected chi connectivity index (χ2v) is 9.34. The molecular formula is C28H24O6S. The molecular weight excluding hydrogens is 464 g/mol. The van der Waals surface area contributed by atoms with Crippen molar-refractivity contribution in [3.8, 4) is 17.2 Å². The molecule has 1 heterocycles. The number of benzene rings is 3. The fourth-order valence-electron chi connectivity index (χ4n) is 3.39. The van der Waals surface area contributed by atoms with E-state index in [1.54, 1.807) is 42.5 Å². The van der Waals surface area contributed by atoms with Crippen LogP contribution >= 0.6 is 11.3 Å². The Morgan fingerprint density at radius 3 is 2.11 bits per heavy atom. The maximum Gasteiger partial charge on any atom is 0.311 e. The van der Waals surface area contributed by atoms with Crippen molar-refractivity contribution in [2.45, 2.75) is 26.7 Å². The highest BCUT2D eigenvalue weighted by Gasteiger charge is 2.13. The number of hydrogen-bond acceptors (Lipinski definition) is 7. The molecule has 0 saturated heterocycles. The van der Waals surface area contributed by atoms with Gasteiger partial charge in [-0.05, 0) is 74.0 Å². The zero-order chi connectivity index (χ0) is 24.9. The minimum absolute atomic E-state index is 0.0477. The first-order valence-electron chi connectivity index (χ1n) is 11.0. The van der Waals surface area contributed by atoms with E-state index in [0.29, 0.717) is 34.6 Å². The van der Waals surface area contributed by atoms with Crippen LogP contribution in [-0.2, 0) is 9.59 Å². The third-order valence-corrected chi connectivity index (χ3v) is 6.24. The summed E-state index contributed by atoms with van der Waals surface area (Å²) < 4.78 is 17.8. The van der Waals surface area contributed by atoms with Crippen LogP contribution in [0.5, 0.6) is 17.2 Å². The average molecular weight is 489 g/mol. The number of rotatable bonds is 8. The summed E-state index contributed by atoms with van der Waals surface area (Å²) in [5.41, 5.74) is 1.87. The third kappa shape index (κ3) is 6.13. The van der Waals surface area contributed by atoms with Crippen LogP contribution in [0, 0.1) is 6.92 Å². The Balaban J connectivity index is 1.34. The summed E-state index contributed by atoms with van der Waals surface area (Å²) in [4.78, 5) is 37.2. The lowest BCUT2D eigenvalue weighted by molar-refractivity contribution is -0.140. The van der Waals surface area contributed by atoms with Gasteiger partial charge in [-0.25, -0.2) is 0 Å². The van der Waals surface area contributed by atoms with E-state index in [1.807, 2.05) is 32.0 Å². The van der Waals surface area contributed by atoms with Crippen molar-refractivity contribution in [2.24, 2.45) is 0 Å². The van der Waals surface area contributed by atoms with Gasteiger partial charge in [0.05, 0.1) is 12.8 Å². The van der Waals surface area contributed by atoms with E-state index in [9.17, 15) is 14.4 Å². The number of ether oxygens (including phenoxy) is 3. The van der Waals surface area contributed by atoms with Gasteiger partial charge >= 0.3 is 11.9 Å². The normalized spacial score (nSPS) is 10.8. The van der Waals surface area contributed by atoms with E-state index in [4.69, 9.17) is 14.2 Å². The number of hydrogen-bond donors (Lipinski definition) is 0. The third-order valence-electron chi connectivity index (χ3n) is 5.10. The maximum absolute atomic E-state index is 12.8. The lowest BCUT2D eigenvalue weighted by atomic mass is 10.1. The number of carbonyl (C=O) groups is 2. The summed E-state index contributed by atoms with van der Waals surface area (Å²) in [6, 6.07) is 17.3. The Morgan fingerprint density at radius 2 is 1.43 bits per heavy atom. The second-order valence-electron chi connectivity index (χ2n) is 8.25. The first kappa shape index (κ1) is 24.2. The van der Waals surface area contributed by atoms with Crippen molar-refractivity contribution in [3.05, 3.63) is 88.6 Å². The molecule has 0 saturated carbocycles. The molecule has 0 aliphatic carbocycles. The van der Waals surface area contributed by atoms with Gasteiger partial charge in [0.25, 0.3) is 0 Å². The van der Waals surface area contributed by atoms with Gasteiger partial charge in [0.2, 0.25) is 0 Å². The van der Waals surface area contributed by atoms with E-state index in [-0.39, 0.29) is 18.3 Å². The molecule has 0 bridgehead atoms. The van der Waals surface area contributed by atoms with Gasteiger partial charge in [0.15, 0.2) is 5.43 Å². The van der Waals surface area contributed by atoms with Crippen LogP contribution in [0.3, 0.4) is 0 Å². The predicted molar refractivity (Wildman–Crippen MR) is 138 cm³/mol. The largest absolute Gasteiger partial charge is 0.489 e. The summed E-state index contributed by atoms with van der Waals surface area (Å²) in [5, 5.41) is 1.26. The van der Waals surface area contributed by atoms with Crippen molar-refractivity contribution in [1.29, 1.82) is 0 Å². The van der Waals surface area contributed by atoms with Crippen LogP contribution < -0.4 is 19.6 Å². The lowest BCUT2D eigenvalue weighted by Gasteiger charge is -2.08. The van der Waals surface area contributed by atoms with Crippen LogP contribution in [0.15, 0.2) is 77.6 Å². The molecule has 0 aliphatic heterocycles. The maximum atomic E-state index is 12.8. The molecule has 1 aromatic heterocycles. The van der Waals surface area contributed by atoms with E-state index in [0.717, 1.165) is 20.5 Å². The summed E-state index contributed by atoms with van der Waals surface area (Å²) in [5.74, 6) is 0.214. The zero-order valence-corrected chi connectivity index (χ0v) is 20.3. The highest BCUT2D eigenvalue weighted by Crippen LogP contribution is 2.28. The van der Waals surface area contributed by atoms with Crippen LogP contribution in [0.2, 0.25) is 0 Å². The molecule has 0 amide bonds. The monoisotopic (exact) mass is 488 g/mol. The fraction of sp³-hybridized carbons (Fsp3) is 0.179. The quantitative estimate of drug-likeness (QED) is 0.132. The minimum Gasteiger partial charge on any atom is -0.489 e. The Hall–Kier alpha value is -3.97. The van der Waals surface area contributed by atoms with Crippen LogP contribution in [-0.4, -0.2) is 18.5 Å². The number of fused-ring (bicyclic) bond motifs is 2. The number of carbonyl (C=O) groups excluding carboxylic acids is 2. The smallest absolute Gasteiger partial charge is 0.311 e. The van der Waals surface area contributed by atoms with Crippen LogP contribution in [0.25, 0.3) is 20.2 Å². The van der Waals surface area contributed by atoms with Crippen molar-refractivity contribution < 1.29 is 23.8 Å². The van der Waals surface area contributed by atoms with Gasteiger partial charge in [-0.1, -0.05) is 18.2 Å². The van der Waals surface area contributed by atoms with Gasteiger partial charge in [-0.3, -0.25) is 14.4 Å².